The number of thioether (sulfide) groups is 1. The fourth-order valence-electron chi connectivity index (χ4n) is 1.33. The zero-order valence-corrected chi connectivity index (χ0v) is 6.63. The van der Waals surface area contributed by atoms with E-state index in [0.29, 0.717) is 13.0 Å². The lowest BCUT2D eigenvalue weighted by molar-refractivity contribution is -0.140. The molecule has 60 valence electrons. The lowest BCUT2D eigenvalue weighted by Gasteiger charge is -2.32. The van der Waals surface area contributed by atoms with Crippen LogP contribution in [0.2, 0.25) is 0 Å². The van der Waals surface area contributed by atoms with Crippen LogP contribution < -0.4 is 5.73 Å². The number of rotatable bonds is 1. The fourth-order valence-corrected chi connectivity index (χ4v) is 2.68. The molecule has 0 spiro atoms. The summed E-state index contributed by atoms with van der Waals surface area (Å²) in [5.74, 6) is -0.163. The van der Waals surface area contributed by atoms with E-state index < -0.39 is 0 Å². The molecule has 0 aromatic heterocycles. The number of nitrogens with two attached hydrogens (primary N) is 1. The fraction of sp³-hybridized carbons (Fsp3) is 0.667. The summed E-state index contributed by atoms with van der Waals surface area (Å²) in [4.78, 5) is 23.2. The summed E-state index contributed by atoms with van der Waals surface area (Å²) < 4.78 is 0. The SMILES string of the molecule is NC(=O)C1CN2C(=O)C[C@H]2S1. The Balaban J connectivity index is 2.04. The van der Waals surface area contributed by atoms with Gasteiger partial charge in [0.1, 0.15) is 5.25 Å². The molecule has 0 aromatic rings. The van der Waals surface area contributed by atoms with E-state index in [-0.39, 0.29) is 22.4 Å². The third-order valence-corrected chi connectivity index (χ3v) is 3.46. The summed E-state index contributed by atoms with van der Waals surface area (Å²) in [5.41, 5.74) is 5.10. The first-order valence-electron chi connectivity index (χ1n) is 3.43. The second-order valence-electron chi connectivity index (χ2n) is 2.73. The molecule has 0 aliphatic carbocycles. The first-order valence-corrected chi connectivity index (χ1v) is 4.37. The number of carbonyl (C=O) groups is 2. The molecule has 2 fully saturated rings. The monoisotopic (exact) mass is 172 g/mol. The quantitative estimate of drug-likeness (QED) is 0.524. The van der Waals surface area contributed by atoms with Crippen LogP contribution in [-0.2, 0) is 9.59 Å². The highest BCUT2D eigenvalue weighted by Gasteiger charge is 2.46. The van der Waals surface area contributed by atoms with Gasteiger partial charge in [-0.3, -0.25) is 9.59 Å². The Morgan fingerprint density at radius 2 is 2.45 bits per heavy atom. The number of primary amides is 1. The highest BCUT2D eigenvalue weighted by molar-refractivity contribution is 8.01. The van der Waals surface area contributed by atoms with Gasteiger partial charge in [-0.05, 0) is 0 Å². The van der Waals surface area contributed by atoms with E-state index in [2.05, 4.69) is 0 Å². The minimum absolute atomic E-state index is 0.145. The molecule has 2 amide bonds. The Labute approximate surface area is 68.1 Å². The molecule has 0 saturated carbocycles. The smallest absolute Gasteiger partial charge is 0.232 e. The largest absolute Gasteiger partial charge is 0.369 e. The Kier molecular flexibility index (Phi) is 1.35. The van der Waals surface area contributed by atoms with Gasteiger partial charge in [0, 0.05) is 6.54 Å². The highest BCUT2D eigenvalue weighted by atomic mass is 32.2. The predicted molar refractivity (Wildman–Crippen MR) is 40.7 cm³/mol. The van der Waals surface area contributed by atoms with Crippen LogP contribution in [0, 0.1) is 0 Å². The number of amides is 2. The van der Waals surface area contributed by atoms with Crippen LogP contribution in [0.5, 0.6) is 0 Å². The molecule has 2 saturated heterocycles. The normalized spacial score (nSPS) is 34.9. The Bertz CT molecular complexity index is 231. The number of carbonyl (C=O) groups excluding carboxylic acids is 2. The summed E-state index contributed by atoms with van der Waals surface area (Å²) in [6.07, 6.45) is 0.578. The number of fused-ring (bicyclic) bond motifs is 1. The molecular formula is C6H8N2O2S. The predicted octanol–water partition coefficient (Wildman–Crippen LogP) is -0.854. The van der Waals surface area contributed by atoms with Crippen LogP contribution in [0.4, 0.5) is 0 Å². The van der Waals surface area contributed by atoms with Gasteiger partial charge in [0.05, 0.1) is 11.8 Å². The Morgan fingerprint density at radius 1 is 1.73 bits per heavy atom. The summed E-state index contributed by atoms with van der Waals surface area (Å²) in [6.45, 7) is 0.517. The Morgan fingerprint density at radius 3 is 2.91 bits per heavy atom. The molecule has 2 aliphatic rings. The van der Waals surface area contributed by atoms with Gasteiger partial charge in [0.15, 0.2) is 0 Å². The summed E-state index contributed by atoms with van der Waals surface area (Å²) in [5, 5.41) is 0.0615. The molecule has 5 heteroatoms. The summed E-state index contributed by atoms with van der Waals surface area (Å²) >= 11 is 1.50. The van der Waals surface area contributed by atoms with Crippen molar-refractivity contribution in [1.29, 1.82) is 0 Å². The van der Waals surface area contributed by atoms with E-state index in [1.807, 2.05) is 0 Å². The molecule has 2 heterocycles. The molecule has 0 bridgehead atoms. The molecular weight excluding hydrogens is 164 g/mol. The van der Waals surface area contributed by atoms with Crippen molar-refractivity contribution in [3.05, 3.63) is 0 Å². The third kappa shape index (κ3) is 0.910. The van der Waals surface area contributed by atoms with Crippen molar-refractivity contribution in [2.24, 2.45) is 5.73 Å². The van der Waals surface area contributed by atoms with E-state index in [0.717, 1.165) is 0 Å². The molecule has 0 aromatic carbocycles. The molecule has 0 radical (unpaired) electrons. The van der Waals surface area contributed by atoms with Crippen LogP contribution in [0.3, 0.4) is 0 Å². The standard InChI is InChI=1S/C6H8N2O2S/c7-6(10)3-2-8-4(9)1-5(8)11-3/h3,5H,1-2H2,(H2,7,10)/t3?,5-/m1/s1. The van der Waals surface area contributed by atoms with Crippen LogP contribution in [0.25, 0.3) is 0 Å². The van der Waals surface area contributed by atoms with Crippen LogP contribution >= 0.6 is 11.8 Å². The van der Waals surface area contributed by atoms with E-state index in [1.165, 1.54) is 11.8 Å². The number of hydrogen-bond donors (Lipinski definition) is 1. The lowest BCUT2D eigenvalue weighted by Crippen LogP contribution is -2.47. The maximum Gasteiger partial charge on any atom is 0.232 e. The Hall–Kier alpha value is -0.710. The average molecular weight is 172 g/mol. The maximum atomic E-state index is 10.8. The zero-order chi connectivity index (χ0) is 8.01. The van der Waals surface area contributed by atoms with Gasteiger partial charge in [-0.1, -0.05) is 0 Å². The van der Waals surface area contributed by atoms with Crippen molar-refractivity contribution < 1.29 is 9.59 Å². The van der Waals surface area contributed by atoms with Gasteiger partial charge in [0.25, 0.3) is 0 Å². The second-order valence-corrected chi connectivity index (χ2v) is 4.12. The maximum absolute atomic E-state index is 10.8. The third-order valence-electron chi connectivity index (χ3n) is 2.02. The van der Waals surface area contributed by atoms with Crippen LogP contribution in [0.1, 0.15) is 6.42 Å². The lowest BCUT2D eigenvalue weighted by atomic mass is 10.2. The van der Waals surface area contributed by atoms with E-state index in [1.54, 1.807) is 4.90 Å². The molecule has 2 N–H and O–H groups in total. The molecule has 4 nitrogen and oxygen atoms in total. The average Bonchev–Trinajstić information content (AvgIpc) is 2.26. The molecule has 11 heavy (non-hydrogen) atoms. The van der Waals surface area contributed by atoms with E-state index in [9.17, 15) is 9.59 Å². The minimum atomic E-state index is -0.308. The summed E-state index contributed by atoms with van der Waals surface area (Å²) in [6, 6.07) is 0. The molecule has 2 rings (SSSR count). The topological polar surface area (TPSA) is 63.4 Å². The van der Waals surface area contributed by atoms with Gasteiger partial charge < -0.3 is 10.6 Å². The van der Waals surface area contributed by atoms with Crippen molar-refractivity contribution in [2.75, 3.05) is 6.54 Å². The second kappa shape index (κ2) is 2.14. The first kappa shape index (κ1) is 6.97. The van der Waals surface area contributed by atoms with Gasteiger partial charge in [0.2, 0.25) is 11.8 Å². The number of nitrogens with zero attached hydrogens (tertiary/aromatic N) is 1. The van der Waals surface area contributed by atoms with Crippen LogP contribution in [-0.4, -0.2) is 33.9 Å². The summed E-state index contributed by atoms with van der Waals surface area (Å²) in [7, 11) is 0. The number of hydrogen-bond acceptors (Lipinski definition) is 3. The van der Waals surface area contributed by atoms with E-state index >= 15 is 0 Å². The zero-order valence-electron chi connectivity index (χ0n) is 5.82. The minimum Gasteiger partial charge on any atom is -0.369 e. The van der Waals surface area contributed by atoms with Crippen LogP contribution in [0.15, 0.2) is 0 Å². The van der Waals surface area contributed by atoms with Crippen molar-refractivity contribution >= 4 is 23.6 Å². The van der Waals surface area contributed by atoms with Gasteiger partial charge >= 0.3 is 0 Å². The van der Waals surface area contributed by atoms with Crippen molar-refractivity contribution in [2.45, 2.75) is 17.0 Å². The molecule has 2 atom stereocenters. The van der Waals surface area contributed by atoms with Crippen molar-refractivity contribution in [3.63, 3.8) is 0 Å². The highest BCUT2D eigenvalue weighted by Crippen LogP contribution is 2.39. The molecule has 1 unspecified atom stereocenters. The first-order chi connectivity index (χ1) is 5.18. The molecule has 2 aliphatic heterocycles. The van der Waals surface area contributed by atoms with Gasteiger partial charge in [-0.15, -0.1) is 11.8 Å². The van der Waals surface area contributed by atoms with Crippen molar-refractivity contribution in [1.82, 2.24) is 4.90 Å². The van der Waals surface area contributed by atoms with Gasteiger partial charge in [-0.2, -0.15) is 0 Å². The number of β-lactam (4-membered cyclic amide) rings is 1. The van der Waals surface area contributed by atoms with E-state index in [4.69, 9.17) is 5.73 Å². The van der Waals surface area contributed by atoms with Crippen molar-refractivity contribution in [3.8, 4) is 0 Å². The van der Waals surface area contributed by atoms with Gasteiger partial charge in [-0.25, -0.2) is 0 Å².